The molecule has 0 bridgehead atoms. The molecule has 0 aliphatic carbocycles. The second-order valence-corrected chi connectivity index (χ2v) is 5.71. The fourth-order valence-electron chi connectivity index (χ4n) is 2.37. The van der Waals surface area contributed by atoms with Gasteiger partial charge >= 0.3 is 0 Å². The molecule has 1 amide bonds. The van der Waals surface area contributed by atoms with E-state index in [1.807, 2.05) is 0 Å². The Kier molecular flexibility index (Phi) is 5.35. The van der Waals surface area contributed by atoms with Crippen LogP contribution in [0.1, 0.15) is 21.7 Å². The van der Waals surface area contributed by atoms with E-state index in [0.29, 0.717) is 11.3 Å². The minimum absolute atomic E-state index is 0.0822. The van der Waals surface area contributed by atoms with Crippen molar-refractivity contribution in [3.05, 3.63) is 82.9 Å². The van der Waals surface area contributed by atoms with E-state index in [1.165, 1.54) is 18.2 Å². The van der Waals surface area contributed by atoms with Crippen molar-refractivity contribution in [1.29, 1.82) is 0 Å². The number of para-hydroxylation sites is 1. The van der Waals surface area contributed by atoms with Crippen LogP contribution in [0, 0.1) is 24.4 Å². The summed E-state index contributed by atoms with van der Waals surface area (Å²) in [6, 6.07) is 10.8. The van der Waals surface area contributed by atoms with Gasteiger partial charge in [0.1, 0.15) is 28.8 Å². The summed E-state index contributed by atoms with van der Waals surface area (Å²) < 4.78 is 41.1. The maximum Gasteiger partial charge on any atom is 0.274 e. The standard InChI is InChI=1S/C19H15F3N4O/c1-11-9-16(18(27)26-17-14(21)7-4-8-15(17)22)25-19(24-11)23-10-12-5-2-3-6-13(12)20/h2-9H,10H2,1H3,(H,26,27)(H,23,24,25). The number of nitrogens with zero attached hydrogens (tertiary/aromatic N) is 2. The van der Waals surface area contributed by atoms with Crippen molar-refractivity contribution < 1.29 is 18.0 Å². The van der Waals surface area contributed by atoms with Crippen LogP contribution in [-0.2, 0) is 6.54 Å². The van der Waals surface area contributed by atoms with E-state index < -0.39 is 23.2 Å². The summed E-state index contributed by atoms with van der Waals surface area (Å²) >= 11 is 0. The topological polar surface area (TPSA) is 66.9 Å². The molecule has 5 nitrogen and oxygen atoms in total. The number of anilines is 2. The van der Waals surface area contributed by atoms with Gasteiger partial charge in [0.05, 0.1) is 0 Å². The number of halogens is 3. The summed E-state index contributed by atoms with van der Waals surface area (Å²) in [6.07, 6.45) is 0. The van der Waals surface area contributed by atoms with Crippen LogP contribution in [0.15, 0.2) is 48.5 Å². The zero-order chi connectivity index (χ0) is 19.4. The molecule has 0 radical (unpaired) electrons. The molecule has 1 aromatic heterocycles. The highest BCUT2D eigenvalue weighted by Gasteiger charge is 2.16. The molecule has 0 aliphatic heterocycles. The lowest BCUT2D eigenvalue weighted by molar-refractivity contribution is 0.102. The number of rotatable bonds is 5. The van der Waals surface area contributed by atoms with E-state index >= 15 is 0 Å². The van der Waals surface area contributed by atoms with E-state index in [1.54, 1.807) is 25.1 Å². The molecule has 27 heavy (non-hydrogen) atoms. The minimum atomic E-state index is -0.896. The Labute approximate surface area is 153 Å². The van der Waals surface area contributed by atoms with Gasteiger partial charge in [-0.3, -0.25) is 4.79 Å². The first-order valence-corrected chi connectivity index (χ1v) is 8.02. The molecule has 138 valence electrons. The molecule has 0 saturated heterocycles. The van der Waals surface area contributed by atoms with Crippen LogP contribution in [-0.4, -0.2) is 15.9 Å². The summed E-state index contributed by atoms with van der Waals surface area (Å²) in [5.74, 6) is -2.87. The van der Waals surface area contributed by atoms with Crippen molar-refractivity contribution in [2.45, 2.75) is 13.5 Å². The van der Waals surface area contributed by atoms with Gasteiger partial charge in [-0.15, -0.1) is 0 Å². The first kappa shape index (κ1) is 18.4. The average molecular weight is 372 g/mol. The number of amides is 1. The Hall–Kier alpha value is -3.42. The van der Waals surface area contributed by atoms with Crippen LogP contribution in [0.4, 0.5) is 24.8 Å². The smallest absolute Gasteiger partial charge is 0.274 e. The zero-order valence-corrected chi connectivity index (χ0v) is 14.3. The molecule has 0 spiro atoms. The molecule has 1 heterocycles. The fourth-order valence-corrected chi connectivity index (χ4v) is 2.37. The van der Waals surface area contributed by atoms with Crippen LogP contribution in [0.5, 0.6) is 0 Å². The van der Waals surface area contributed by atoms with Gasteiger partial charge < -0.3 is 10.6 Å². The number of benzene rings is 2. The molecule has 0 unspecified atom stereocenters. The van der Waals surface area contributed by atoms with Gasteiger partial charge in [-0.05, 0) is 31.2 Å². The first-order valence-electron chi connectivity index (χ1n) is 8.02. The zero-order valence-electron chi connectivity index (χ0n) is 14.3. The maximum atomic E-state index is 13.7. The van der Waals surface area contributed by atoms with Crippen molar-refractivity contribution in [3.63, 3.8) is 0 Å². The van der Waals surface area contributed by atoms with Gasteiger partial charge in [0, 0.05) is 17.8 Å². The third-order valence-corrected chi connectivity index (χ3v) is 3.68. The highest BCUT2D eigenvalue weighted by Crippen LogP contribution is 2.19. The van der Waals surface area contributed by atoms with Gasteiger partial charge in [0.2, 0.25) is 5.95 Å². The van der Waals surface area contributed by atoms with Crippen molar-refractivity contribution in [3.8, 4) is 0 Å². The summed E-state index contributed by atoms with van der Waals surface area (Å²) in [5.41, 5.74) is 0.225. The van der Waals surface area contributed by atoms with E-state index in [2.05, 4.69) is 20.6 Å². The van der Waals surface area contributed by atoms with Gasteiger partial charge in [-0.1, -0.05) is 24.3 Å². The van der Waals surface area contributed by atoms with Crippen molar-refractivity contribution in [2.75, 3.05) is 10.6 Å². The highest BCUT2D eigenvalue weighted by atomic mass is 19.1. The number of hydrogen-bond acceptors (Lipinski definition) is 4. The fraction of sp³-hybridized carbons (Fsp3) is 0.105. The lowest BCUT2D eigenvalue weighted by Gasteiger charge is -2.10. The number of aryl methyl sites for hydroxylation is 1. The Morgan fingerprint density at radius 3 is 2.33 bits per heavy atom. The molecule has 3 aromatic rings. The minimum Gasteiger partial charge on any atom is -0.350 e. The SMILES string of the molecule is Cc1cc(C(=O)Nc2c(F)cccc2F)nc(NCc2ccccc2F)n1. The largest absolute Gasteiger partial charge is 0.350 e. The van der Waals surface area contributed by atoms with E-state index in [9.17, 15) is 18.0 Å². The number of carbonyl (C=O) groups excluding carboxylic acids is 1. The van der Waals surface area contributed by atoms with E-state index in [0.717, 1.165) is 12.1 Å². The predicted molar refractivity (Wildman–Crippen MR) is 94.8 cm³/mol. The molecule has 8 heteroatoms. The number of hydrogen-bond donors (Lipinski definition) is 2. The molecule has 3 rings (SSSR count). The van der Waals surface area contributed by atoms with E-state index in [-0.39, 0.29) is 24.0 Å². The third-order valence-electron chi connectivity index (χ3n) is 3.68. The number of aromatic nitrogens is 2. The summed E-state index contributed by atoms with van der Waals surface area (Å²) in [7, 11) is 0. The lowest BCUT2D eigenvalue weighted by atomic mass is 10.2. The predicted octanol–water partition coefficient (Wildman–Crippen LogP) is 4.07. The Morgan fingerprint density at radius 2 is 1.63 bits per heavy atom. The number of nitrogens with one attached hydrogen (secondary N) is 2. The first-order chi connectivity index (χ1) is 12.9. The molecule has 2 aromatic carbocycles. The summed E-state index contributed by atoms with van der Waals surface area (Å²) in [4.78, 5) is 20.5. The summed E-state index contributed by atoms with van der Waals surface area (Å²) in [6.45, 7) is 1.75. The van der Waals surface area contributed by atoms with Crippen LogP contribution >= 0.6 is 0 Å². The Balaban J connectivity index is 1.78. The molecule has 0 fully saturated rings. The molecule has 0 saturated carbocycles. The molecular formula is C19H15F3N4O. The van der Waals surface area contributed by atoms with Crippen LogP contribution in [0.3, 0.4) is 0 Å². The second kappa shape index (κ2) is 7.86. The Bertz CT molecular complexity index is 974. The van der Waals surface area contributed by atoms with Crippen molar-refractivity contribution >= 4 is 17.5 Å². The molecular weight excluding hydrogens is 357 g/mol. The van der Waals surface area contributed by atoms with Crippen LogP contribution < -0.4 is 10.6 Å². The van der Waals surface area contributed by atoms with Gasteiger partial charge in [-0.25, -0.2) is 23.1 Å². The average Bonchev–Trinajstić information content (AvgIpc) is 2.63. The maximum absolute atomic E-state index is 13.7. The van der Waals surface area contributed by atoms with Crippen LogP contribution in [0.2, 0.25) is 0 Å². The van der Waals surface area contributed by atoms with Gasteiger partial charge in [0.15, 0.2) is 0 Å². The lowest BCUT2D eigenvalue weighted by Crippen LogP contribution is -2.17. The summed E-state index contributed by atoms with van der Waals surface area (Å²) in [5, 5.41) is 5.00. The second-order valence-electron chi connectivity index (χ2n) is 5.71. The highest BCUT2D eigenvalue weighted by molar-refractivity contribution is 6.03. The van der Waals surface area contributed by atoms with Gasteiger partial charge in [0.25, 0.3) is 5.91 Å². The van der Waals surface area contributed by atoms with Crippen molar-refractivity contribution in [1.82, 2.24) is 9.97 Å². The quantitative estimate of drug-likeness (QED) is 0.709. The normalized spacial score (nSPS) is 10.5. The molecule has 0 atom stereocenters. The van der Waals surface area contributed by atoms with Crippen LogP contribution in [0.25, 0.3) is 0 Å². The van der Waals surface area contributed by atoms with Crippen molar-refractivity contribution in [2.24, 2.45) is 0 Å². The Morgan fingerprint density at radius 1 is 0.963 bits per heavy atom. The third kappa shape index (κ3) is 4.41. The van der Waals surface area contributed by atoms with E-state index in [4.69, 9.17) is 0 Å². The monoisotopic (exact) mass is 372 g/mol. The molecule has 2 N–H and O–H groups in total. The number of carbonyl (C=O) groups is 1. The van der Waals surface area contributed by atoms with Gasteiger partial charge in [-0.2, -0.15) is 0 Å². The molecule has 0 aliphatic rings.